The molecule has 0 radical (unpaired) electrons. The Bertz CT molecular complexity index is 1300. The zero-order valence-electron chi connectivity index (χ0n) is 25.1. The van der Waals surface area contributed by atoms with Gasteiger partial charge in [0.1, 0.15) is 0 Å². The molecule has 0 aliphatic carbocycles. The molecular weight excluding hydrogens is 609 g/mol. The lowest BCUT2D eigenvalue weighted by atomic mass is 10.4. The van der Waals surface area contributed by atoms with Crippen LogP contribution in [0.15, 0.2) is 172 Å². The van der Waals surface area contributed by atoms with E-state index in [9.17, 15) is 0 Å². The Morgan fingerprint density at radius 1 is 0.341 bits per heavy atom. The molecule has 0 aromatic heterocycles. The normalized spacial score (nSPS) is 26.9. The maximum Gasteiger partial charge on any atom is 0.359 e. The topological polar surface area (TPSA) is 36.9 Å². The molecule has 1 aliphatic heterocycles. The second-order valence-corrected chi connectivity index (χ2v) is 24.1. The highest BCUT2D eigenvalue weighted by Gasteiger charge is 2.64. The first-order chi connectivity index (χ1) is 21.5. The summed E-state index contributed by atoms with van der Waals surface area (Å²) < 4.78 is 31.1. The standard InChI is InChI=1S/C36H40O4Si4/c1-5-29-41(33-21-13-9-14-22-33)37-42(30-6-2,34-23-15-10-16-24-34)39-44(32-8-4,36-27-19-12-20-28-36)40-43(38-41,31-7-3)35-25-17-11-18-26-35/h5-28H,1-4,29-32H2. The van der Waals surface area contributed by atoms with Crippen LogP contribution in [0.25, 0.3) is 0 Å². The van der Waals surface area contributed by atoms with Gasteiger partial charge in [0.2, 0.25) is 0 Å². The predicted molar refractivity (Wildman–Crippen MR) is 192 cm³/mol. The summed E-state index contributed by atoms with van der Waals surface area (Å²) in [7, 11) is -13.5. The molecular formula is C36H40O4Si4. The highest BCUT2D eigenvalue weighted by atomic mass is 28.5. The molecule has 4 aromatic carbocycles. The van der Waals surface area contributed by atoms with Crippen LogP contribution in [0.5, 0.6) is 0 Å². The van der Waals surface area contributed by atoms with Gasteiger partial charge in [-0.15, -0.1) is 26.3 Å². The summed E-state index contributed by atoms with van der Waals surface area (Å²) in [6, 6.07) is 43.3. The van der Waals surface area contributed by atoms with E-state index in [-0.39, 0.29) is 0 Å². The average molecular weight is 649 g/mol. The van der Waals surface area contributed by atoms with E-state index in [0.29, 0.717) is 24.2 Å². The smallest absolute Gasteiger partial charge is 0.359 e. The molecule has 0 saturated carbocycles. The van der Waals surface area contributed by atoms with Crippen molar-refractivity contribution in [3.8, 4) is 0 Å². The summed E-state index contributed by atoms with van der Waals surface area (Å²) in [5.41, 5.74) is 0. The van der Waals surface area contributed by atoms with E-state index in [0.717, 1.165) is 20.7 Å². The number of benzene rings is 4. The van der Waals surface area contributed by atoms with Crippen molar-refractivity contribution in [3.63, 3.8) is 0 Å². The molecule has 224 valence electrons. The van der Waals surface area contributed by atoms with Crippen molar-refractivity contribution in [2.45, 2.75) is 24.2 Å². The largest absolute Gasteiger partial charge is 0.408 e. The molecule has 1 heterocycles. The van der Waals surface area contributed by atoms with Gasteiger partial charge in [-0.1, -0.05) is 146 Å². The third-order valence-electron chi connectivity index (χ3n) is 7.83. The minimum absolute atomic E-state index is 0.516. The van der Waals surface area contributed by atoms with Gasteiger partial charge in [0.05, 0.1) is 0 Å². The molecule has 1 saturated heterocycles. The Morgan fingerprint density at radius 2 is 0.523 bits per heavy atom. The van der Waals surface area contributed by atoms with E-state index >= 15 is 0 Å². The monoisotopic (exact) mass is 648 g/mol. The van der Waals surface area contributed by atoms with Crippen molar-refractivity contribution in [2.24, 2.45) is 0 Å². The summed E-state index contributed by atoms with van der Waals surface area (Å²) in [4.78, 5) is 0. The van der Waals surface area contributed by atoms with Crippen LogP contribution in [0.2, 0.25) is 24.2 Å². The molecule has 44 heavy (non-hydrogen) atoms. The highest BCUT2D eigenvalue weighted by Crippen LogP contribution is 2.38. The van der Waals surface area contributed by atoms with E-state index in [2.05, 4.69) is 74.8 Å². The van der Waals surface area contributed by atoms with Gasteiger partial charge in [0.25, 0.3) is 0 Å². The van der Waals surface area contributed by atoms with Crippen molar-refractivity contribution in [1.82, 2.24) is 0 Å². The van der Waals surface area contributed by atoms with Crippen LogP contribution in [-0.2, 0) is 16.5 Å². The number of hydrogen-bond donors (Lipinski definition) is 0. The lowest BCUT2D eigenvalue weighted by Crippen LogP contribution is -2.79. The lowest BCUT2D eigenvalue weighted by Gasteiger charge is -2.53. The molecule has 4 aromatic rings. The van der Waals surface area contributed by atoms with E-state index in [1.54, 1.807) is 0 Å². The van der Waals surface area contributed by atoms with Gasteiger partial charge in [-0.3, -0.25) is 0 Å². The highest BCUT2D eigenvalue weighted by molar-refractivity contribution is 7.06. The third-order valence-corrected chi connectivity index (χ3v) is 26.5. The van der Waals surface area contributed by atoms with Gasteiger partial charge in [-0.2, -0.15) is 0 Å². The fourth-order valence-electron chi connectivity index (χ4n) is 5.95. The number of rotatable bonds is 12. The molecule has 0 atom stereocenters. The molecule has 5 rings (SSSR count). The summed E-state index contributed by atoms with van der Waals surface area (Å²) >= 11 is 0. The molecule has 4 nitrogen and oxygen atoms in total. The Hall–Kier alpha value is -3.45. The zero-order valence-corrected chi connectivity index (χ0v) is 29.1. The van der Waals surface area contributed by atoms with Crippen molar-refractivity contribution >= 4 is 55.0 Å². The first-order valence-electron chi connectivity index (χ1n) is 15.0. The fourth-order valence-corrected chi connectivity index (χ4v) is 28.3. The van der Waals surface area contributed by atoms with Crippen LogP contribution in [0.1, 0.15) is 0 Å². The number of allylic oxidation sites excluding steroid dienone is 4. The Labute approximate surface area is 266 Å². The zero-order chi connectivity index (χ0) is 30.9. The van der Waals surface area contributed by atoms with Crippen molar-refractivity contribution in [1.29, 1.82) is 0 Å². The SMILES string of the molecule is C=CC[Si]1(c2ccccc2)O[Si](CC=C)(c2ccccc2)O[Si](CC=C)(c2ccccc2)O[Si](CC=C)(c2ccccc2)O1. The summed E-state index contributed by atoms with van der Waals surface area (Å²) in [6.45, 7) is 16.8. The Balaban J connectivity index is 1.90. The lowest BCUT2D eigenvalue weighted by molar-refractivity contribution is 0.244. The van der Waals surface area contributed by atoms with E-state index in [1.807, 2.05) is 97.1 Å². The minimum Gasteiger partial charge on any atom is -0.408 e. The van der Waals surface area contributed by atoms with Gasteiger partial charge in [0.15, 0.2) is 0 Å². The molecule has 0 N–H and O–H groups in total. The maximum absolute atomic E-state index is 7.78. The van der Waals surface area contributed by atoms with Crippen LogP contribution >= 0.6 is 0 Å². The molecule has 0 unspecified atom stereocenters. The van der Waals surface area contributed by atoms with Crippen molar-refractivity contribution < 1.29 is 16.5 Å². The Kier molecular flexibility index (Phi) is 10.2. The molecule has 8 heteroatoms. The van der Waals surface area contributed by atoms with Gasteiger partial charge >= 0.3 is 34.2 Å². The van der Waals surface area contributed by atoms with Crippen LogP contribution in [0.4, 0.5) is 0 Å². The predicted octanol–water partition coefficient (Wildman–Crippen LogP) is 6.21. The molecule has 0 bridgehead atoms. The molecule has 0 amide bonds. The quantitative estimate of drug-likeness (QED) is 0.135. The van der Waals surface area contributed by atoms with Crippen LogP contribution in [0.3, 0.4) is 0 Å². The molecule has 0 spiro atoms. The van der Waals surface area contributed by atoms with Crippen LogP contribution in [-0.4, -0.2) is 34.2 Å². The Morgan fingerprint density at radius 3 is 0.682 bits per heavy atom. The first-order valence-corrected chi connectivity index (χ1v) is 23.1. The first kappa shape index (κ1) is 32.0. The molecule has 1 aliphatic rings. The fraction of sp³-hybridized carbons (Fsp3) is 0.111. The molecule has 1 fully saturated rings. The van der Waals surface area contributed by atoms with Gasteiger partial charge in [-0.25, -0.2) is 0 Å². The second kappa shape index (κ2) is 14.1. The van der Waals surface area contributed by atoms with Crippen LogP contribution < -0.4 is 20.7 Å². The summed E-state index contributed by atoms with van der Waals surface area (Å²) in [5, 5.41) is 4.05. The maximum atomic E-state index is 7.78. The van der Waals surface area contributed by atoms with E-state index in [4.69, 9.17) is 16.5 Å². The van der Waals surface area contributed by atoms with E-state index in [1.165, 1.54) is 0 Å². The van der Waals surface area contributed by atoms with Crippen molar-refractivity contribution in [3.05, 3.63) is 172 Å². The van der Waals surface area contributed by atoms with Crippen LogP contribution in [0, 0.1) is 0 Å². The third kappa shape index (κ3) is 6.34. The minimum atomic E-state index is -3.38. The van der Waals surface area contributed by atoms with Gasteiger partial charge < -0.3 is 16.5 Å². The summed E-state index contributed by atoms with van der Waals surface area (Å²) in [5.74, 6) is 0. The van der Waals surface area contributed by atoms with Gasteiger partial charge in [0, 0.05) is 24.2 Å². The van der Waals surface area contributed by atoms with E-state index < -0.39 is 34.2 Å². The number of hydrogen-bond acceptors (Lipinski definition) is 4. The average Bonchev–Trinajstić information content (AvgIpc) is 3.06. The summed E-state index contributed by atoms with van der Waals surface area (Å²) in [6.07, 6.45) is 7.68. The second-order valence-electron chi connectivity index (χ2n) is 10.9. The van der Waals surface area contributed by atoms with Gasteiger partial charge in [-0.05, 0) is 20.7 Å². The van der Waals surface area contributed by atoms with Crippen molar-refractivity contribution in [2.75, 3.05) is 0 Å².